The fourth-order valence-electron chi connectivity index (χ4n) is 5.15. The topological polar surface area (TPSA) is 38.8 Å². The summed E-state index contributed by atoms with van der Waals surface area (Å²) in [7, 11) is 3.36. The predicted octanol–water partition coefficient (Wildman–Crippen LogP) is 2.73. The molecule has 0 N–H and O–H groups in total. The molecule has 118 valence electrons. The summed E-state index contributed by atoms with van der Waals surface area (Å²) in [6, 6.07) is 4.24. The molecule has 4 heteroatoms. The first-order valence-corrected chi connectivity index (χ1v) is 8.16. The molecule has 22 heavy (non-hydrogen) atoms. The highest BCUT2D eigenvalue weighted by Gasteiger charge is 2.59. The summed E-state index contributed by atoms with van der Waals surface area (Å²) in [6.07, 6.45) is 3.84. The molecule has 1 saturated carbocycles. The Labute approximate surface area is 131 Å². The first-order valence-electron chi connectivity index (χ1n) is 8.16. The maximum atomic E-state index is 12.5. The number of ether oxygens (including phenoxy) is 2. The summed E-state index contributed by atoms with van der Waals surface area (Å²) < 4.78 is 11.0. The van der Waals surface area contributed by atoms with Gasteiger partial charge >= 0.3 is 0 Å². The zero-order chi connectivity index (χ0) is 15.5. The van der Waals surface area contributed by atoms with E-state index in [2.05, 4.69) is 24.0 Å². The van der Waals surface area contributed by atoms with Crippen molar-refractivity contribution in [2.75, 3.05) is 20.8 Å². The minimum atomic E-state index is -0.0936. The van der Waals surface area contributed by atoms with E-state index in [0.717, 1.165) is 37.3 Å². The maximum absolute atomic E-state index is 12.5. The van der Waals surface area contributed by atoms with Gasteiger partial charge in [-0.25, -0.2) is 0 Å². The molecule has 1 spiro atoms. The van der Waals surface area contributed by atoms with Crippen LogP contribution in [0, 0.1) is 11.8 Å². The van der Waals surface area contributed by atoms with Crippen LogP contribution >= 0.6 is 0 Å². The van der Waals surface area contributed by atoms with Crippen molar-refractivity contribution >= 4 is 5.91 Å². The molecule has 4 nitrogen and oxygen atoms in total. The smallest absolute Gasteiger partial charge is 0.223 e. The first kappa shape index (κ1) is 13.9. The highest BCUT2D eigenvalue weighted by molar-refractivity contribution is 5.82. The number of methoxy groups -OCH3 is 2. The molecular weight excluding hydrogens is 278 g/mol. The summed E-state index contributed by atoms with van der Waals surface area (Å²) in [6.45, 7) is 3.15. The molecule has 1 amide bonds. The molecule has 2 heterocycles. The van der Waals surface area contributed by atoms with E-state index in [9.17, 15) is 4.79 Å². The second-order valence-electron chi connectivity index (χ2n) is 7.03. The molecule has 1 saturated heterocycles. The lowest BCUT2D eigenvalue weighted by Gasteiger charge is -2.44. The third-order valence-corrected chi connectivity index (χ3v) is 5.91. The number of hydrogen-bond donors (Lipinski definition) is 0. The number of benzene rings is 1. The Morgan fingerprint density at radius 1 is 1.23 bits per heavy atom. The molecule has 2 aliphatic heterocycles. The lowest BCUT2D eigenvalue weighted by molar-refractivity contribution is -0.132. The Hall–Kier alpha value is -1.71. The second kappa shape index (κ2) is 4.64. The molecule has 4 rings (SSSR count). The van der Waals surface area contributed by atoms with Crippen LogP contribution in [-0.4, -0.2) is 31.6 Å². The van der Waals surface area contributed by atoms with Crippen LogP contribution < -0.4 is 9.47 Å². The Balaban J connectivity index is 1.92. The molecule has 2 fully saturated rings. The minimum Gasteiger partial charge on any atom is -0.493 e. The molecule has 1 aliphatic carbocycles. The Bertz CT molecular complexity index is 641. The van der Waals surface area contributed by atoms with Gasteiger partial charge in [0.15, 0.2) is 11.5 Å². The van der Waals surface area contributed by atoms with E-state index in [-0.39, 0.29) is 5.54 Å². The Morgan fingerprint density at radius 2 is 1.95 bits per heavy atom. The van der Waals surface area contributed by atoms with Crippen LogP contribution in [0.3, 0.4) is 0 Å². The van der Waals surface area contributed by atoms with Crippen LogP contribution in [0.4, 0.5) is 0 Å². The molecule has 3 atom stereocenters. The van der Waals surface area contributed by atoms with Crippen molar-refractivity contribution in [3.63, 3.8) is 0 Å². The van der Waals surface area contributed by atoms with E-state index < -0.39 is 0 Å². The van der Waals surface area contributed by atoms with Crippen LogP contribution in [-0.2, 0) is 16.8 Å². The van der Waals surface area contributed by atoms with Gasteiger partial charge in [-0.15, -0.1) is 0 Å². The van der Waals surface area contributed by atoms with Crippen molar-refractivity contribution in [2.45, 2.75) is 38.1 Å². The fraction of sp³-hybridized carbons (Fsp3) is 0.611. The molecule has 1 aromatic carbocycles. The summed E-state index contributed by atoms with van der Waals surface area (Å²) in [5.74, 6) is 3.01. The summed E-state index contributed by atoms with van der Waals surface area (Å²) in [4.78, 5) is 14.6. The van der Waals surface area contributed by atoms with E-state index in [1.807, 2.05) is 0 Å². The number of fused-ring (bicyclic) bond motifs is 1. The van der Waals surface area contributed by atoms with Crippen LogP contribution in [0.2, 0.25) is 0 Å². The van der Waals surface area contributed by atoms with Crippen LogP contribution in [0.15, 0.2) is 12.1 Å². The number of hydrogen-bond acceptors (Lipinski definition) is 3. The van der Waals surface area contributed by atoms with Gasteiger partial charge in [0.2, 0.25) is 5.91 Å². The standard InChI is InChI=1S/C18H23NO3/c1-11-6-13-8-17(20)19-5-4-12-7-15(21-2)16(22-3)9-14(12)18(13,19)10-11/h7,9,11,13H,4-6,8,10H2,1-3H3/t11-,13?,18?/m1/s1. The van der Waals surface area contributed by atoms with Crippen molar-refractivity contribution in [1.29, 1.82) is 0 Å². The van der Waals surface area contributed by atoms with Gasteiger partial charge in [-0.3, -0.25) is 4.79 Å². The third-order valence-electron chi connectivity index (χ3n) is 5.91. The van der Waals surface area contributed by atoms with Crippen LogP contribution in [0.1, 0.15) is 37.3 Å². The number of rotatable bonds is 2. The van der Waals surface area contributed by atoms with Gasteiger partial charge < -0.3 is 14.4 Å². The second-order valence-corrected chi connectivity index (χ2v) is 7.03. The van der Waals surface area contributed by atoms with Gasteiger partial charge in [0, 0.05) is 13.0 Å². The van der Waals surface area contributed by atoms with Gasteiger partial charge in [0.1, 0.15) is 0 Å². The van der Waals surface area contributed by atoms with Gasteiger partial charge in [-0.05, 0) is 54.4 Å². The monoisotopic (exact) mass is 301 g/mol. The Kier molecular flexibility index (Phi) is 2.94. The third kappa shape index (κ3) is 1.61. The molecule has 3 aliphatic rings. The first-order chi connectivity index (χ1) is 10.6. The normalized spacial score (nSPS) is 32.5. The van der Waals surface area contributed by atoms with Gasteiger partial charge in [0.25, 0.3) is 0 Å². The van der Waals surface area contributed by atoms with E-state index in [1.165, 1.54) is 11.1 Å². The van der Waals surface area contributed by atoms with Crippen molar-refractivity contribution in [3.8, 4) is 11.5 Å². The van der Waals surface area contributed by atoms with Gasteiger partial charge in [-0.2, -0.15) is 0 Å². The SMILES string of the molecule is COc1cc2c(cc1OC)C13C[C@H](C)CC1CC(=O)N3CC2. The summed E-state index contributed by atoms with van der Waals surface area (Å²) in [5.41, 5.74) is 2.53. The number of carbonyl (C=O) groups excluding carboxylic acids is 1. The van der Waals surface area contributed by atoms with Crippen molar-refractivity contribution in [1.82, 2.24) is 4.90 Å². The molecule has 0 aromatic heterocycles. The lowest BCUT2D eigenvalue weighted by Crippen LogP contribution is -2.49. The summed E-state index contributed by atoms with van der Waals surface area (Å²) in [5, 5.41) is 0. The fourth-order valence-corrected chi connectivity index (χ4v) is 5.15. The highest BCUT2D eigenvalue weighted by Crippen LogP contribution is 2.59. The van der Waals surface area contributed by atoms with E-state index in [0.29, 0.717) is 24.2 Å². The maximum Gasteiger partial charge on any atom is 0.223 e. The molecule has 0 radical (unpaired) electrons. The van der Waals surface area contributed by atoms with E-state index in [1.54, 1.807) is 14.2 Å². The van der Waals surface area contributed by atoms with Gasteiger partial charge in [-0.1, -0.05) is 6.92 Å². The minimum absolute atomic E-state index is 0.0936. The Morgan fingerprint density at radius 3 is 2.68 bits per heavy atom. The number of carbonyl (C=O) groups is 1. The van der Waals surface area contributed by atoms with Crippen molar-refractivity contribution in [2.24, 2.45) is 11.8 Å². The quantitative estimate of drug-likeness (QED) is 0.843. The predicted molar refractivity (Wildman–Crippen MR) is 83.1 cm³/mol. The molecular formula is C18H23NO3. The summed E-state index contributed by atoms with van der Waals surface area (Å²) >= 11 is 0. The van der Waals surface area contributed by atoms with Crippen LogP contribution in [0.25, 0.3) is 0 Å². The van der Waals surface area contributed by atoms with Crippen LogP contribution in [0.5, 0.6) is 11.5 Å². The molecule has 0 bridgehead atoms. The molecule has 2 unspecified atom stereocenters. The largest absolute Gasteiger partial charge is 0.493 e. The van der Waals surface area contributed by atoms with Crippen molar-refractivity contribution < 1.29 is 14.3 Å². The lowest BCUT2D eigenvalue weighted by atomic mass is 9.75. The van der Waals surface area contributed by atoms with Gasteiger partial charge in [0.05, 0.1) is 19.8 Å². The zero-order valence-corrected chi connectivity index (χ0v) is 13.5. The zero-order valence-electron chi connectivity index (χ0n) is 13.5. The van der Waals surface area contributed by atoms with E-state index >= 15 is 0 Å². The average Bonchev–Trinajstić information content (AvgIpc) is 2.95. The highest BCUT2D eigenvalue weighted by atomic mass is 16.5. The number of nitrogens with zero attached hydrogens (tertiary/aromatic N) is 1. The number of amides is 1. The average molecular weight is 301 g/mol. The van der Waals surface area contributed by atoms with Crippen molar-refractivity contribution in [3.05, 3.63) is 23.3 Å². The van der Waals surface area contributed by atoms with E-state index in [4.69, 9.17) is 9.47 Å². The molecule has 1 aromatic rings.